The van der Waals surface area contributed by atoms with Crippen LogP contribution in [0.5, 0.6) is 0 Å². The molecule has 0 saturated heterocycles. The maximum Gasteiger partial charge on any atom is 0.325 e. The molecule has 0 aromatic heterocycles. The lowest BCUT2D eigenvalue weighted by atomic mass is 9.99. The zero-order chi connectivity index (χ0) is 8.85. The van der Waals surface area contributed by atoms with E-state index in [0.717, 1.165) is 0 Å². The van der Waals surface area contributed by atoms with Crippen molar-refractivity contribution < 1.29 is 14.5 Å². The molecular formula is C7H14O3P+. The van der Waals surface area contributed by atoms with E-state index in [0.29, 0.717) is 12.3 Å². The van der Waals surface area contributed by atoms with Gasteiger partial charge in [-0.15, -0.1) is 0 Å². The molecule has 2 unspecified atom stereocenters. The molecule has 0 aromatic rings. The van der Waals surface area contributed by atoms with E-state index in [4.69, 9.17) is 5.11 Å². The molecule has 3 nitrogen and oxygen atoms in total. The Morgan fingerprint density at radius 1 is 1.55 bits per heavy atom. The lowest BCUT2D eigenvalue weighted by Gasteiger charge is -2.07. The van der Waals surface area contributed by atoms with Crippen LogP contribution in [0.1, 0.15) is 20.3 Å². The second-order valence-electron chi connectivity index (χ2n) is 3.01. The zero-order valence-electron chi connectivity index (χ0n) is 6.83. The molecule has 0 aliphatic rings. The topological polar surface area (TPSA) is 54.4 Å². The summed E-state index contributed by atoms with van der Waals surface area (Å²) in [6.07, 6.45) is 0.901. The van der Waals surface area contributed by atoms with Crippen molar-refractivity contribution in [2.75, 3.05) is 6.16 Å². The lowest BCUT2D eigenvalue weighted by molar-refractivity contribution is -0.141. The van der Waals surface area contributed by atoms with Crippen LogP contribution in [0.2, 0.25) is 0 Å². The fourth-order valence-electron chi connectivity index (χ4n) is 0.941. The van der Waals surface area contributed by atoms with Crippen LogP contribution in [-0.4, -0.2) is 17.2 Å². The zero-order valence-corrected chi connectivity index (χ0v) is 7.83. The molecule has 4 heteroatoms. The van der Waals surface area contributed by atoms with E-state index in [1.165, 1.54) is 0 Å². The average molecular weight is 177 g/mol. The summed E-state index contributed by atoms with van der Waals surface area (Å²) in [5.74, 6) is -0.902. The van der Waals surface area contributed by atoms with Gasteiger partial charge in [-0.2, -0.15) is 0 Å². The fraction of sp³-hybridized carbons (Fsp3) is 0.857. The Balaban J connectivity index is 3.88. The van der Waals surface area contributed by atoms with Crippen LogP contribution in [0, 0.1) is 11.8 Å². The number of carbonyl (C=O) groups is 1. The molecule has 0 aromatic carbocycles. The fourth-order valence-corrected chi connectivity index (χ4v) is 1.48. The van der Waals surface area contributed by atoms with Gasteiger partial charge in [0.15, 0.2) is 6.16 Å². The quantitative estimate of drug-likeness (QED) is 0.651. The summed E-state index contributed by atoms with van der Waals surface area (Å²) < 4.78 is 10.2. The van der Waals surface area contributed by atoms with Gasteiger partial charge in [0.05, 0.1) is 0 Å². The Kier molecular flexibility index (Phi) is 5.05. The standard InChI is InChI=1S/C7H13O3P/c1-5(2)3-6(4-11-10)7(8)9/h5-6H,3-4H2,1-2H3,(H,8,9)/p+1. The Hall–Kier alpha value is -0.430. The number of hydrogen-bond donors (Lipinski definition) is 1. The molecule has 0 bridgehead atoms. The molecule has 0 aliphatic carbocycles. The van der Waals surface area contributed by atoms with E-state index >= 15 is 0 Å². The number of aliphatic carboxylic acids is 1. The molecule has 0 amide bonds. The monoisotopic (exact) mass is 177 g/mol. The first-order valence-electron chi connectivity index (χ1n) is 3.65. The summed E-state index contributed by atoms with van der Waals surface area (Å²) in [4.78, 5) is 10.5. The highest BCUT2D eigenvalue weighted by molar-refractivity contribution is 7.23. The highest BCUT2D eigenvalue weighted by atomic mass is 31.1. The van der Waals surface area contributed by atoms with Crippen LogP contribution in [0.4, 0.5) is 0 Å². The number of carboxylic acid groups (broad SMARTS) is 1. The summed E-state index contributed by atoms with van der Waals surface area (Å²) in [5.41, 5.74) is 0. The normalized spacial score (nSPS) is 13.7. The number of hydrogen-bond acceptors (Lipinski definition) is 2. The van der Waals surface area contributed by atoms with E-state index in [-0.39, 0.29) is 6.16 Å². The predicted molar refractivity (Wildman–Crippen MR) is 44.4 cm³/mol. The lowest BCUT2D eigenvalue weighted by Crippen LogP contribution is -2.17. The molecule has 0 aliphatic heterocycles. The molecular weight excluding hydrogens is 163 g/mol. The molecule has 0 rings (SSSR count). The first-order valence-corrected chi connectivity index (χ1v) is 4.77. The van der Waals surface area contributed by atoms with Crippen molar-refractivity contribution in [2.45, 2.75) is 20.3 Å². The van der Waals surface area contributed by atoms with Gasteiger partial charge in [-0.05, 0) is 12.3 Å². The second kappa shape index (κ2) is 5.25. The van der Waals surface area contributed by atoms with Crippen LogP contribution >= 0.6 is 8.46 Å². The molecule has 0 saturated carbocycles. The maximum atomic E-state index is 10.5. The van der Waals surface area contributed by atoms with Gasteiger partial charge >= 0.3 is 14.4 Å². The van der Waals surface area contributed by atoms with E-state index in [2.05, 4.69) is 0 Å². The minimum Gasteiger partial charge on any atom is -0.481 e. The summed E-state index contributed by atoms with van der Waals surface area (Å²) in [6, 6.07) is 0. The smallest absolute Gasteiger partial charge is 0.325 e. The Morgan fingerprint density at radius 3 is 2.36 bits per heavy atom. The van der Waals surface area contributed by atoms with Gasteiger partial charge in [-0.1, -0.05) is 18.4 Å². The van der Waals surface area contributed by atoms with Crippen molar-refractivity contribution in [2.24, 2.45) is 11.8 Å². The molecule has 0 radical (unpaired) electrons. The van der Waals surface area contributed by atoms with E-state index in [9.17, 15) is 9.36 Å². The van der Waals surface area contributed by atoms with E-state index in [1.807, 2.05) is 13.8 Å². The summed E-state index contributed by atoms with van der Waals surface area (Å²) in [6.45, 7) is 3.92. The van der Waals surface area contributed by atoms with E-state index < -0.39 is 20.3 Å². The van der Waals surface area contributed by atoms with Gasteiger partial charge in [-0.25, -0.2) is 0 Å². The van der Waals surface area contributed by atoms with Gasteiger partial charge in [0, 0.05) is 0 Å². The van der Waals surface area contributed by atoms with Gasteiger partial charge in [-0.3, -0.25) is 4.79 Å². The van der Waals surface area contributed by atoms with Gasteiger partial charge in [0.1, 0.15) is 5.92 Å². The Morgan fingerprint density at radius 2 is 2.09 bits per heavy atom. The van der Waals surface area contributed by atoms with Crippen molar-refractivity contribution in [1.29, 1.82) is 0 Å². The Labute approximate surface area is 68.0 Å². The molecule has 0 heterocycles. The second-order valence-corrected chi connectivity index (χ2v) is 3.71. The minimum atomic E-state index is -0.831. The average Bonchev–Trinajstić information content (AvgIpc) is 1.86. The molecule has 1 N–H and O–H groups in total. The summed E-state index contributed by atoms with van der Waals surface area (Å²) in [5, 5.41) is 8.62. The summed E-state index contributed by atoms with van der Waals surface area (Å²) in [7, 11) is -0.500. The van der Waals surface area contributed by atoms with Crippen LogP contribution in [0.25, 0.3) is 0 Å². The number of rotatable bonds is 5. The van der Waals surface area contributed by atoms with Gasteiger partial charge < -0.3 is 5.11 Å². The van der Waals surface area contributed by atoms with Gasteiger partial charge in [0.25, 0.3) is 0 Å². The third-order valence-corrected chi connectivity index (χ3v) is 2.09. The third kappa shape index (κ3) is 4.91. The molecule has 64 valence electrons. The largest absolute Gasteiger partial charge is 0.481 e. The summed E-state index contributed by atoms with van der Waals surface area (Å²) >= 11 is 0. The van der Waals surface area contributed by atoms with Crippen molar-refractivity contribution in [3.05, 3.63) is 0 Å². The van der Waals surface area contributed by atoms with Gasteiger partial charge in [0.2, 0.25) is 0 Å². The molecule has 2 atom stereocenters. The SMILES string of the molecule is CC(C)CC(C[PH+]=O)C(=O)O. The van der Waals surface area contributed by atoms with Crippen LogP contribution in [-0.2, 0) is 9.36 Å². The predicted octanol–water partition coefficient (Wildman–Crippen LogP) is 1.76. The first-order chi connectivity index (χ1) is 5.07. The first kappa shape index (κ1) is 10.6. The molecule has 0 fully saturated rings. The minimum absolute atomic E-state index is 0.285. The van der Waals surface area contributed by atoms with Crippen molar-refractivity contribution in [3.63, 3.8) is 0 Å². The van der Waals surface area contributed by atoms with Crippen LogP contribution < -0.4 is 0 Å². The van der Waals surface area contributed by atoms with Crippen molar-refractivity contribution in [1.82, 2.24) is 0 Å². The molecule has 11 heavy (non-hydrogen) atoms. The van der Waals surface area contributed by atoms with E-state index in [1.54, 1.807) is 0 Å². The highest BCUT2D eigenvalue weighted by Gasteiger charge is 2.21. The third-order valence-electron chi connectivity index (χ3n) is 1.43. The highest BCUT2D eigenvalue weighted by Crippen LogP contribution is 2.15. The molecule has 0 spiro atoms. The van der Waals surface area contributed by atoms with Crippen LogP contribution in [0.3, 0.4) is 0 Å². The maximum absolute atomic E-state index is 10.5. The van der Waals surface area contributed by atoms with Crippen molar-refractivity contribution >= 4 is 14.4 Å². The van der Waals surface area contributed by atoms with Crippen LogP contribution in [0.15, 0.2) is 0 Å². The van der Waals surface area contributed by atoms with Crippen molar-refractivity contribution in [3.8, 4) is 0 Å². The number of carboxylic acids is 1. The Bertz CT molecular complexity index is 145.